The molecule has 0 spiro atoms. The minimum absolute atomic E-state index is 0.440. The lowest BCUT2D eigenvalue weighted by Crippen LogP contribution is -2.39. The number of hydrogen-bond acceptors (Lipinski definition) is 4. The van der Waals surface area contributed by atoms with Gasteiger partial charge >= 0.3 is 0 Å². The average Bonchev–Trinajstić information content (AvgIpc) is 2.66. The van der Waals surface area contributed by atoms with E-state index in [0.29, 0.717) is 6.04 Å². The van der Waals surface area contributed by atoms with Gasteiger partial charge < -0.3 is 0 Å². The Kier molecular flexibility index (Phi) is 2.97. The topological polar surface area (TPSA) is 50.9 Å². The first kappa shape index (κ1) is 11.6. The molecule has 3 atom stereocenters. The molecule has 94 valence electrons. The lowest BCUT2D eigenvalue weighted by molar-refractivity contribution is 0.409. The predicted octanol–water partition coefficient (Wildman–Crippen LogP) is 2.18. The van der Waals surface area contributed by atoms with E-state index in [2.05, 4.69) is 24.3 Å². The fourth-order valence-corrected chi connectivity index (χ4v) is 4.59. The summed E-state index contributed by atoms with van der Waals surface area (Å²) in [7, 11) is 0. The van der Waals surface area contributed by atoms with Crippen LogP contribution in [0.4, 0.5) is 0 Å². The summed E-state index contributed by atoms with van der Waals surface area (Å²) in [6.45, 7) is 4.24. The van der Waals surface area contributed by atoms with Crippen molar-refractivity contribution in [2.24, 2.45) is 23.6 Å². The lowest BCUT2D eigenvalue weighted by Gasteiger charge is -2.16. The maximum absolute atomic E-state index is 5.74. The molecule has 17 heavy (non-hydrogen) atoms. The van der Waals surface area contributed by atoms with Crippen LogP contribution in [0.15, 0.2) is 0 Å². The molecule has 2 saturated carbocycles. The minimum Gasteiger partial charge on any atom is -0.271 e. The van der Waals surface area contributed by atoms with Crippen molar-refractivity contribution in [3.63, 3.8) is 0 Å². The van der Waals surface area contributed by atoms with Crippen LogP contribution in [0.1, 0.15) is 34.8 Å². The number of rotatable bonds is 4. The molecule has 2 aliphatic rings. The molecule has 1 aromatic heterocycles. The number of hydrogen-bond donors (Lipinski definition) is 2. The molecular formula is C13H21N3S. The summed E-state index contributed by atoms with van der Waals surface area (Å²) in [5.41, 5.74) is 4.21. The summed E-state index contributed by atoms with van der Waals surface area (Å²) in [5.74, 6) is 8.47. The highest BCUT2D eigenvalue weighted by molar-refractivity contribution is 7.11. The molecule has 0 saturated heterocycles. The molecule has 1 heterocycles. The molecular weight excluding hydrogens is 230 g/mol. The van der Waals surface area contributed by atoms with Gasteiger partial charge in [-0.25, -0.2) is 4.98 Å². The van der Waals surface area contributed by atoms with Crippen molar-refractivity contribution in [1.29, 1.82) is 0 Å². The quantitative estimate of drug-likeness (QED) is 0.637. The largest absolute Gasteiger partial charge is 0.271 e. The van der Waals surface area contributed by atoms with Gasteiger partial charge in [-0.15, -0.1) is 11.3 Å². The van der Waals surface area contributed by atoms with Crippen LogP contribution in [-0.2, 0) is 6.42 Å². The highest BCUT2D eigenvalue weighted by Gasteiger charge is 2.55. The molecule has 0 amide bonds. The van der Waals surface area contributed by atoms with Crippen LogP contribution >= 0.6 is 11.3 Å². The number of nitrogens with one attached hydrogen (secondary N) is 1. The fraction of sp³-hybridized carbons (Fsp3) is 0.769. The molecule has 3 N–H and O–H groups in total. The Morgan fingerprint density at radius 3 is 2.65 bits per heavy atom. The van der Waals surface area contributed by atoms with Crippen LogP contribution in [0.2, 0.25) is 0 Å². The second-order valence-electron chi connectivity index (χ2n) is 5.56. The third kappa shape index (κ3) is 2.02. The number of aromatic nitrogens is 1. The van der Waals surface area contributed by atoms with E-state index in [1.165, 1.54) is 34.8 Å². The van der Waals surface area contributed by atoms with E-state index in [4.69, 9.17) is 5.84 Å². The van der Waals surface area contributed by atoms with Crippen molar-refractivity contribution < 1.29 is 0 Å². The van der Waals surface area contributed by atoms with E-state index in [0.717, 1.165) is 24.2 Å². The Morgan fingerprint density at radius 1 is 1.41 bits per heavy atom. The van der Waals surface area contributed by atoms with E-state index in [1.807, 2.05) is 11.3 Å². The van der Waals surface area contributed by atoms with Crippen molar-refractivity contribution in [2.75, 3.05) is 0 Å². The van der Waals surface area contributed by atoms with Crippen molar-refractivity contribution in [3.8, 4) is 0 Å². The molecule has 2 fully saturated rings. The van der Waals surface area contributed by atoms with Crippen molar-refractivity contribution in [3.05, 3.63) is 15.6 Å². The summed E-state index contributed by atoms with van der Waals surface area (Å²) in [6, 6.07) is 0.440. The number of nitrogens with two attached hydrogens (primary N) is 1. The van der Waals surface area contributed by atoms with E-state index >= 15 is 0 Å². The molecule has 0 bridgehead atoms. The van der Waals surface area contributed by atoms with Crippen LogP contribution in [0.5, 0.6) is 0 Å². The second-order valence-corrected chi connectivity index (χ2v) is 6.85. The molecule has 3 unspecified atom stereocenters. The predicted molar refractivity (Wildman–Crippen MR) is 70.7 cm³/mol. The maximum atomic E-state index is 5.74. The summed E-state index contributed by atoms with van der Waals surface area (Å²) in [4.78, 5) is 5.96. The molecule has 2 aliphatic carbocycles. The Bertz CT molecular complexity index is 385. The zero-order chi connectivity index (χ0) is 12.0. The van der Waals surface area contributed by atoms with Crippen LogP contribution in [0, 0.1) is 31.6 Å². The van der Waals surface area contributed by atoms with Gasteiger partial charge in [-0.1, -0.05) is 6.42 Å². The second kappa shape index (κ2) is 4.34. The molecule has 0 radical (unpaired) electrons. The molecule has 3 nitrogen and oxygen atoms in total. The smallest absolute Gasteiger partial charge is 0.0947 e. The molecule has 0 aliphatic heterocycles. The van der Waals surface area contributed by atoms with Crippen molar-refractivity contribution >= 4 is 11.3 Å². The molecule has 3 rings (SSSR count). The van der Waals surface area contributed by atoms with Crippen LogP contribution < -0.4 is 11.3 Å². The minimum atomic E-state index is 0.440. The summed E-state index contributed by atoms with van der Waals surface area (Å²) in [5, 5.41) is 1.24. The summed E-state index contributed by atoms with van der Waals surface area (Å²) >= 11 is 1.82. The Hall–Kier alpha value is -0.450. The van der Waals surface area contributed by atoms with Gasteiger partial charge in [0.25, 0.3) is 0 Å². The number of hydrazine groups is 1. The Morgan fingerprint density at radius 2 is 2.12 bits per heavy atom. The molecule has 0 aromatic carbocycles. The van der Waals surface area contributed by atoms with Gasteiger partial charge in [0.1, 0.15) is 0 Å². The van der Waals surface area contributed by atoms with Gasteiger partial charge in [-0.3, -0.25) is 11.3 Å². The highest BCUT2D eigenvalue weighted by Crippen LogP contribution is 2.59. The Balaban J connectivity index is 1.66. The standard InChI is InChI=1S/C13H21N3S/c1-7-8(2)17-12(15-7)6-11(16-14)13-9-4-3-5-10(9)13/h9-11,13,16H,3-6,14H2,1-2H3. The van der Waals surface area contributed by atoms with Gasteiger partial charge in [0, 0.05) is 17.3 Å². The van der Waals surface area contributed by atoms with Crippen LogP contribution in [-0.4, -0.2) is 11.0 Å². The zero-order valence-corrected chi connectivity index (χ0v) is 11.4. The lowest BCUT2D eigenvalue weighted by atomic mass is 10.0. The van der Waals surface area contributed by atoms with Gasteiger partial charge in [0.15, 0.2) is 0 Å². The van der Waals surface area contributed by atoms with E-state index in [-0.39, 0.29) is 0 Å². The average molecular weight is 251 g/mol. The number of thiazole rings is 1. The monoisotopic (exact) mass is 251 g/mol. The van der Waals surface area contributed by atoms with Gasteiger partial charge in [0.2, 0.25) is 0 Å². The van der Waals surface area contributed by atoms with E-state index in [9.17, 15) is 0 Å². The zero-order valence-electron chi connectivity index (χ0n) is 10.6. The molecule has 1 aromatic rings. The fourth-order valence-electron chi connectivity index (χ4n) is 3.59. The number of fused-ring (bicyclic) bond motifs is 1. The third-order valence-corrected chi connectivity index (χ3v) is 5.71. The van der Waals surface area contributed by atoms with Crippen molar-refractivity contribution in [2.45, 2.75) is 45.6 Å². The maximum Gasteiger partial charge on any atom is 0.0947 e. The highest BCUT2D eigenvalue weighted by atomic mass is 32.1. The Labute approximate surface area is 107 Å². The first-order valence-corrected chi connectivity index (χ1v) is 7.41. The van der Waals surface area contributed by atoms with E-state index < -0.39 is 0 Å². The van der Waals surface area contributed by atoms with Gasteiger partial charge in [0.05, 0.1) is 10.7 Å². The van der Waals surface area contributed by atoms with Gasteiger partial charge in [-0.2, -0.15) is 0 Å². The first-order valence-electron chi connectivity index (χ1n) is 6.59. The number of nitrogens with zero attached hydrogens (tertiary/aromatic N) is 1. The van der Waals surface area contributed by atoms with E-state index in [1.54, 1.807) is 0 Å². The number of aryl methyl sites for hydroxylation is 2. The third-order valence-electron chi connectivity index (χ3n) is 4.62. The van der Waals surface area contributed by atoms with Gasteiger partial charge in [-0.05, 0) is 44.4 Å². The first-order chi connectivity index (χ1) is 8.20. The molecule has 4 heteroatoms. The van der Waals surface area contributed by atoms with Crippen LogP contribution in [0.3, 0.4) is 0 Å². The SMILES string of the molecule is Cc1nc(CC(NN)C2C3CCCC32)sc1C. The van der Waals surface area contributed by atoms with Crippen LogP contribution in [0.25, 0.3) is 0 Å². The summed E-state index contributed by atoms with van der Waals surface area (Å²) < 4.78 is 0. The normalized spacial score (nSPS) is 32.5. The summed E-state index contributed by atoms with van der Waals surface area (Å²) in [6.07, 6.45) is 5.28. The van der Waals surface area contributed by atoms with Crippen molar-refractivity contribution in [1.82, 2.24) is 10.4 Å².